The average molecular weight is 799 g/mol. The molecule has 1 atom stereocenters. The molecule has 6 nitrogen and oxygen atoms in total. The third-order valence-corrected chi connectivity index (χ3v) is 8.58. The van der Waals surface area contributed by atoms with Gasteiger partial charge in [-0.2, -0.15) is 26.3 Å². The molecule has 0 aliphatic carbocycles. The summed E-state index contributed by atoms with van der Waals surface area (Å²) in [6.07, 6.45) is 3.95. The number of unbranched alkanes of at least 4 members (excludes halogenated alkanes) is 9. The van der Waals surface area contributed by atoms with Gasteiger partial charge in [0.05, 0.1) is 25.2 Å². The zero-order valence-corrected chi connectivity index (χ0v) is 31.2. The fraction of sp³-hybridized carbons (Fsp3) is 0.476. The van der Waals surface area contributed by atoms with Crippen LogP contribution in [0.2, 0.25) is 0 Å². The lowest BCUT2D eigenvalue weighted by Gasteiger charge is -2.32. The molecule has 0 aromatic heterocycles. The van der Waals surface area contributed by atoms with Gasteiger partial charge in [-0.3, -0.25) is 0 Å². The second-order valence-electron chi connectivity index (χ2n) is 13.1. The Morgan fingerprint density at radius 3 is 1.66 bits per heavy atom. The highest BCUT2D eigenvalue weighted by molar-refractivity contribution is 5.91. The molecule has 0 bridgehead atoms. The highest BCUT2D eigenvalue weighted by Crippen LogP contribution is 2.49. The molecule has 0 unspecified atom stereocenters. The maximum atomic E-state index is 13.7. The first-order valence-electron chi connectivity index (χ1n) is 18.5. The molecule has 0 fully saturated rings. The predicted octanol–water partition coefficient (Wildman–Crippen LogP) is 11.5. The van der Waals surface area contributed by atoms with E-state index >= 15 is 0 Å². The van der Waals surface area contributed by atoms with E-state index in [4.69, 9.17) is 14.2 Å². The van der Waals surface area contributed by atoms with E-state index in [1.165, 1.54) is 75.6 Å². The first-order valence-corrected chi connectivity index (χ1v) is 18.5. The van der Waals surface area contributed by atoms with Crippen LogP contribution in [-0.2, 0) is 9.53 Å². The number of carbonyl (C=O) groups excluding carboxylic acids is 2. The van der Waals surface area contributed by atoms with Crippen LogP contribution in [0.4, 0.5) is 35.1 Å². The number of halogens is 8. The van der Waals surface area contributed by atoms with E-state index < -0.39 is 55.3 Å². The van der Waals surface area contributed by atoms with Gasteiger partial charge >= 0.3 is 36.1 Å². The van der Waals surface area contributed by atoms with Gasteiger partial charge in [0.1, 0.15) is 17.2 Å². The van der Waals surface area contributed by atoms with E-state index in [0.29, 0.717) is 12.2 Å². The number of ether oxygens (including phenoxy) is 4. The topological polar surface area (TPSA) is 71.1 Å². The zero-order chi connectivity index (χ0) is 41.2. The van der Waals surface area contributed by atoms with Crippen molar-refractivity contribution in [1.29, 1.82) is 0 Å². The summed E-state index contributed by atoms with van der Waals surface area (Å²) in [5.41, 5.74) is 1.69. The molecule has 306 valence electrons. The summed E-state index contributed by atoms with van der Waals surface area (Å²) < 4.78 is 125. The first kappa shape index (κ1) is 45.6. The Morgan fingerprint density at radius 2 is 1.12 bits per heavy atom. The zero-order valence-electron chi connectivity index (χ0n) is 31.2. The van der Waals surface area contributed by atoms with Crippen molar-refractivity contribution in [2.45, 2.75) is 115 Å². The Bertz CT molecular complexity index is 1700. The van der Waals surface area contributed by atoms with Gasteiger partial charge < -0.3 is 18.9 Å². The SMILES string of the molecule is CCCCCCCCCCCCOc1ccc(C#Cc2ccc(C(=O)Oc3ccc(O[C@@H](C)C(=O)OCCC(F)(F)C(F)(F)C(F)(F)C(F)F)cc3)cc2)cc1. The summed E-state index contributed by atoms with van der Waals surface area (Å²) in [5.74, 6) is -13.3. The molecule has 0 radical (unpaired) electrons. The number of hydrogen-bond acceptors (Lipinski definition) is 6. The molecule has 0 aliphatic heterocycles. The lowest BCUT2D eigenvalue weighted by molar-refractivity contribution is -0.340. The van der Waals surface area contributed by atoms with Crippen LogP contribution in [0.5, 0.6) is 17.2 Å². The van der Waals surface area contributed by atoms with Crippen molar-refractivity contribution in [3.63, 3.8) is 0 Å². The summed E-state index contributed by atoms with van der Waals surface area (Å²) in [5, 5.41) is 0. The molecule has 0 spiro atoms. The van der Waals surface area contributed by atoms with E-state index in [1.54, 1.807) is 24.3 Å². The van der Waals surface area contributed by atoms with Crippen LogP contribution in [-0.4, -0.2) is 55.4 Å². The number of hydrogen-bond donors (Lipinski definition) is 0. The van der Waals surface area contributed by atoms with Crippen LogP contribution in [0.1, 0.15) is 106 Å². The van der Waals surface area contributed by atoms with E-state index in [2.05, 4.69) is 23.5 Å². The van der Waals surface area contributed by atoms with Crippen molar-refractivity contribution in [3.8, 4) is 29.1 Å². The van der Waals surface area contributed by atoms with Crippen molar-refractivity contribution in [2.24, 2.45) is 0 Å². The van der Waals surface area contributed by atoms with Crippen molar-refractivity contribution in [1.82, 2.24) is 0 Å². The third-order valence-electron chi connectivity index (χ3n) is 8.58. The largest absolute Gasteiger partial charge is 0.494 e. The third kappa shape index (κ3) is 14.0. The Balaban J connectivity index is 1.38. The van der Waals surface area contributed by atoms with Gasteiger partial charge in [-0.25, -0.2) is 18.4 Å². The lowest BCUT2D eigenvalue weighted by atomic mass is 10.0. The molecule has 56 heavy (non-hydrogen) atoms. The molecule has 0 saturated heterocycles. The van der Waals surface area contributed by atoms with Gasteiger partial charge in [-0.1, -0.05) is 76.6 Å². The minimum absolute atomic E-state index is 0.0251. The van der Waals surface area contributed by atoms with Crippen LogP contribution in [0.3, 0.4) is 0 Å². The number of benzene rings is 3. The number of esters is 2. The predicted molar refractivity (Wildman–Crippen MR) is 194 cm³/mol. The molecule has 0 heterocycles. The smallest absolute Gasteiger partial charge is 0.377 e. The second kappa shape index (κ2) is 22.1. The number of alkyl halides is 8. The van der Waals surface area contributed by atoms with Crippen LogP contribution in [0, 0.1) is 11.8 Å². The van der Waals surface area contributed by atoms with E-state index in [1.807, 2.05) is 24.3 Å². The van der Waals surface area contributed by atoms with Gasteiger partial charge in [0.15, 0.2) is 6.10 Å². The van der Waals surface area contributed by atoms with Crippen LogP contribution in [0.15, 0.2) is 72.8 Å². The molecule has 14 heteroatoms. The standard InChI is InChI=1S/C42H46F8O6/c1-3-4-5-6-7-8-9-10-11-12-28-53-34-21-17-32(18-22-34)14-13-31-15-19-33(20-16-31)38(52)56-36-25-23-35(24-26-36)55-30(2)37(51)54-29-27-40(45,46)42(49,50)41(47,48)39(43)44/h15-26,30,39H,3-12,27-29H2,1-2H3/t30-/m0/s1. The molecular weight excluding hydrogens is 752 g/mol. The highest BCUT2D eigenvalue weighted by Gasteiger charge is 2.74. The van der Waals surface area contributed by atoms with Gasteiger partial charge in [0.2, 0.25) is 0 Å². The Hall–Kier alpha value is -4.80. The van der Waals surface area contributed by atoms with E-state index in [0.717, 1.165) is 31.1 Å². The van der Waals surface area contributed by atoms with Gasteiger partial charge in [-0.15, -0.1) is 0 Å². The van der Waals surface area contributed by atoms with Crippen molar-refractivity contribution in [3.05, 3.63) is 89.5 Å². The summed E-state index contributed by atoms with van der Waals surface area (Å²) >= 11 is 0. The van der Waals surface area contributed by atoms with Gasteiger partial charge in [0.25, 0.3) is 0 Å². The molecule has 0 saturated carbocycles. The Morgan fingerprint density at radius 1 is 0.643 bits per heavy atom. The van der Waals surface area contributed by atoms with E-state index in [9.17, 15) is 44.7 Å². The maximum absolute atomic E-state index is 13.7. The Labute approximate surface area is 321 Å². The molecule has 0 aliphatic rings. The Kier molecular flexibility index (Phi) is 18.0. The monoisotopic (exact) mass is 798 g/mol. The first-order chi connectivity index (χ1) is 26.6. The van der Waals surface area contributed by atoms with Crippen LogP contribution in [0.25, 0.3) is 0 Å². The molecular formula is C42H46F8O6. The van der Waals surface area contributed by atoms with Crippen LogP contribution >= 0.6 is 0 Å². The second-order valence-corrected chi connectivity index (χ2v) is 13.1. The molecule has 3 aromatic carbocycles. The van der Waals surface area contributed by atoms with E-state index in [-0.39, 0.29) is 17.1 Å². The fourth-order valence-electron chi connectivity index (χ4n) is 5.19. The summed E-state index contributed by atoms with van der Waals surface area (Å²) in [7, 11) is 0. The van der Waals surface area contributed by atoms with Gasteiger partial charge in [0, 0.05) is 11.1 Å². The minimum Gasteiger partial charge on any atom is -0.494 e. The van der Waals surface area contributed by atoms with Crippen molar-refractivity contribution in [2.75, 3.05) is 13.2 Å². The fourth-order valence-corrected chi connectivity index (χ4v) is 5.19. The molecule has 3 rings (SSSR count). The molecule has 3 aromatic rings. The lowest BCUT2D eigenvalue weighted by Crippen LogP contribution is -2.57. The normalized spacial score (nSPS) is 12.4. The number of rotatable bonds is 23. The van der Waals surface area contributed by atoms with Crippen molar-refractivity contribution < 1.29 is 63.7 Å². The maximum Gasteiger partial charge on any atom is 0.377 e. The molecule has 0 N–H and O–H groups in total. The summed E-state index contributed by atoms with van der Waals surface area (Å²) in [6, 6.07) is 19.2. The molecule has 0 amide bonds. The highest BCUT2D eigenvalue weighted by atomic mass is 19.4. The number of carbonyl (C=O) groups is 2. The van der Waals surface area contributed by atoms with Crippen LogP contribution < -0.4 is 14.2 Å². The summed E-state index contributed by atoms with van der Waals surface area (Å²) in [4.78, 5) is 24.7. The summed E-state index contributed by atoms with van der Waals surface area (Å²) in [6.45, 7) is 2.54. The van der Waals surface area contributed by atoms with Gasteiger partial charge in [-0.05, 0) is 86.1 Å². The quantitative estimate of drug-likeness (QED) is 0.0313. The average Bonchev–Trinajstić information content (AvgIpc) is 3.17. The minimum atomic E-state index is -6.40. The van der Waals surface area contributed by atoms with Crippen molar-refractivity contribution >= 4 is 11.9 Å².